The molecule has 0 saturated carbocycles. The summed E-state index contributed by atoms with van der Waals surface area (Å²) >= 11 is 0. The Hall–Kier alpha value is -1.38. The molecule has 13 heavy (non-hydrogen) atoms. The predicted molar refractivity (Wildman–Crippen MR) is 51.6 cm³/mol. The number of nitrogens with one attached hydrogen (secondary N) is 1. The molecule has 1 aromatic heterocycles. The molecule has 1 N–H and O–H groups in total. The average Bonchev–Trinajstić information content (AvgIpc) is 2.04. The van der Waals surface area contributed by atoms with Crippen molar-refractivity contribution in [3.63, 3.8) is 0 Å². The SMILES string of the molecule is Cc1ccc(C(=O)NC(C)C)cn1. The van der Waals surface area contributed by atoms with Crippen LogP contribution in [0.15, 0.2) is 18.3 Å². The van der Waals surface area contributed by atoms with Crippen molar-refractivity contribution < 1.29 is 4.79 Å². The number of aryl methyl sites for hydroxylation is 1. The molecule has 0 aliphatic carbocycles. The summed E-state index contributed by atoms with van der Waals surface area (Å²) in [5, 5.41) is 2.80. The molecular formula is C10H14N2O. The average molecular weight is 178 g/mol. The first-order chi connectivity index (χ1) is 6.09. The predicted octanol–water partition coefficient (Wildman–Crippen LogP) is 1.53. The van der Waals surface area contributed by atoms with E-state index in [1.165, 1.54) is 0 Å². The van der Waals surface area contributed by atoms with Crippen LogP contribution in [0, 0.1) is 6.92 Å². The van der Waals surface area contributed by atoms with Gasteiger partial charge in [-0.05, 0) is 32.9 Å². The lowest BCUT2D eigenvalue weighted by Gasteiger charge is -2.07. The lowest BCUT2D eigenvalue weighted by Crippen LogP contribution is -2.30. The van der Waals surface area contributed by atoms with Gasteiger partial charge in [-0.15, -0.1) is 0 Å². The molecule has 1 rings (SSSR count). The van der Waals surface area contributed by atoms with Gasteiger partial charge in [-0.25, -0.2) is 0 Å². The van der Waals surface area contributed by atoms with E-state index in [-0.39, 0.29) is 11.9 Å². The number of aromatic nitrogens is 1. The molecule has 0 radical (unpaired) electrons. The Bertz CT molecular complexity index is 290. The smallest absolute Gasteiger partial charge is 0.253 e. The zero-order chi connectivity index (χ0) is 9.84. The van der Waals surface area contributed by atoms with Crippen molar-refractivity contribution in [2.45, 2.75) is 26.8 Å². The van der Waals surface area contributed by atoms with Gasteiger partial charge in [-0.1, -0.05) is 0 Å². The first-order valence-corrected chi connectivity index (χ1v) is 4.33. The number of hydrogen-bond donors (Lipinski definition) is 1. The van der Waals surface area contributed by atoms with Gasteiger partial charge < -0.3 is 5.32 Å². The molecule has 0 atom stereocenters. The lowest BCUT2D eigenvalue weighted by molar-refractivity contribution is 0.0943. The van der Waals surface area contributed by atoms with E-state index in [9.17, 15) is 4.79 Å². The number of rotatable bonds is 2. The van der Waals surface area contributed by atoms with E-state index >= 15 is 0 Å². The molecule has 0 spiro atoms. The molecule has 3 heteroatoms. The zero-order valence-electron chi connectivity index (χ0n) is 8.16. The lowest BCUT2D eigenvalue weighted by atomic mass is 10.2. The molecular weight excluding hydrogens is 164 g/mol. The fraction of sp³-hybridized carbons (Fsp3) is 0.400. The van der Waals surface area contributed by atoms with Crippen molar-refractivity contribution in [2.24, 2.45) is 0 Å². The van der Waals surface area contributed by atoms with E-state index in [4.69, 9.17) is 0 Å². The van der Waals surface area contributed by atoms with E-state index in [2.05, 4.69) is 10.3 Å². The third-order valence-electron chi connectivity index (χ3n) is 1.59. The van der Waals surface area contributed by atoms with E-state index < -0.39 is 0 Å². The van der Waals surface area contributed by atoms with Crippen LogP contribution in [0.25, 0.3) is 0 Å². The fourth-order valence-corrected chi connectivity index (χ4v) is 0.948. The van der Waals surface area contributed by atoms with E-state index in [1.807, 2.05) is 26.8 Å². The van der Waals surface area contributed by atoms with Gasteiger partial charge in [-0.3, -0.25) is 9.78 Å². The van der Waals surface area contributed by atoms with E-state index in [0.29, 0.717) is 5.56 Å². The molecule has 1 aromatic rings. The van der Waals surface area contributed by atoms with Gasteiger partial charge in [0.2, 0.25) is 0 Å². The Kier molecular flexibility index (Phi) is 3.01. The van der Waals surface area contributed by atoms with Crippen LogP contribution in [-0.2, 0) is 0 Å². The zero-order valence-corrected chi connectivity index (χ0v) is 8.16. The second-order valence-electron chi connectivity index (χ2n) is 3.32. The summed E-state index contributed by atoms with van der Waals surface area (Å²) in [5.74, 6) is -0.0671. The van der Waals surface area contributed by atoms with Crippen LogP contribution in [0.1, 0.15) is 29.9 Å². The van der Waals surface area contributed by atoms with Gasteiger partial charge in [0.05, 0.1) is 5.56 Å². The van der Waals surface area contributed by atoms with Crippen LogP contribution in [0.3, 0.4) is 0 Å². The highest BCUT2D eigenvalue weighted by Crippen LogP contribution is 1.99. The molecule has 0 aliphatic heterocycles. The molecule has 0 aliphatic rings. The summed E-state index contributed by atoms with van der Waals surface area (Å²) in [6.07, 6.45) is 1.59. The fourth-order valence-electron chi connectivity index (χ4n) is 0.948. The van der Waals surface area contributed by atoms with Crippen LogP contribution < -0.4 is 5.32 Å². The molecule has 0 aromatic carbocycles. The van der Waals surface area contributed by atoms with Crippen molar-refractivity contribution in [3.05, 3.63) is 29.6 Å². The third-order valence-corrected chi connectivity index (χ3v) is 1.59. The van der Waals surface area contributed by atoms with Gasteiger partial charge in [0.1, 0.15) is 0 Å². The first kappa shape index (κ1) is 9.71. The number of carbonyl (C=O) groups excluding carboxylic acids is 1. The minimum absolute atomic E-state index is 0.0671. The van der Waals surface area contributed by atoms with Gasteiger partial charge in [0.15, 0.2) is 0 Å². The maximum Gasteiger partial charge on any atom is 0.253 e. The summed E-state index contributed by atoms with van der Waals surface area (Å²) in [5.41, 5.74) is 1.53. The van der Waals surface area contributed by atoms with Gasteiger partial charge in [-0.2, -0.15) is 0 Å². The van der Waals surface area contributed by atoms with Crippen LogP contribution in [0.4, 0.5) is 0 Å². The highest BCUT2D eigenvalue weighted by Gasteiger charge is 2.05. The van der Waals surface area contributed by atoms with E-state index in [0.717, 1.165) is 5.69 Å². The number of hydrogen-bond acceptors (Lipinski definition) is 2. The molecule has 0 bridgehead atoms. The number of amides is 1. The monoisotopic (exact) mass is 178 g/mol. The van der Waals surface area contributed by atoms with Crippen LogP contribution >= 0.6 is 0 Å². The highest BCUT2D eigenvalue weighted by atomic mass is 16.1. The summed E-state index contributed by atoms with van der Waals surface area (Å²) in [6, 6.07) is 3.77. The topological polar surface area (TPSA) is 42.0 Å². The van der Waals surface area contributed by atoms with E-state index in [1.54, 1.807) is 12.3 Å². The summed E-state index contributed by atoms with van der Waals surface area (Å²) in [6.45, 7) is 5.75. The van der Waals surface area contributed by atoms with Crippen LogP contribution in [0.5, 0.6) is 0 Å². The molecule has 0 unspecified atom stereocenters. The minimum Gasteiger partial charge on any atom is -0.350 e. The Morgan fingerprint density at radius 3 is 2.62 bits per heavy atom. The molecule has 0 fully saturated rings. The third kappa shape index (κ3) is 2.86. The standard InChI is InChI=1S/C10H14N2O/c1-7(2)12-10(13)9-5-4-8(3)11-6-9/h4-7H,1-3H3,(H,12,13). The first-order valence-electron chi connectivity index (χ1n) is 4.33. The molecule has 3 nitrogen and oxygen atoms in total. The quantitative estimate of drug-likeness (QED) is 0.746. The molecule has 1 amide bonds. The van der Waals surface area contributed by atoms with Crippen molar-refractivity contribution in [2.75, 3.05) is 0 Å². The number of carbonyl (C=O) groups is 1. The van der Waals surface area contributed by atoms with Crippen LogP contribution in [0.2, 0.25) is 0 Å². The summed E-state index contributed by atoms with van der Waals surface area (Å²) < 4.78 is 0. The summed E-state index contributed by atoms with van der Waals surface area (Å²) in [7, 11) is 0. The number of pyridine rings is 1. The minimum atomic E-state index is -0.0671. The Labute approximate surface area is 78.2 Å². The van der Waals surface area contributed by atoms with Crippen molar-refractivity contribution in [3.8, 4) is 0 Å². The second-order valence-corrected chi connectivity index (χ2v) is 3.32. The van der Waals surface area contributed by atoms with Gasteiger partial charge in [0.25, 0.3) is 5.91 Å². The Morgan fingerprint density at radius 2 is 2.15 bits per heavy atom. The van der Waals surface area contributed by atoms with Gasteiger partial charge in [0, 0.05) is 17.9 Å². The largest absolute Gasteiger partial charge is 0.350 e. The maximum atomic E-state index is 11.4. The van der Waals surface area contributed by atoms with Crippen LogP contribution in [-0.4, -0.2) is 16.9 Å². The van der Waals surface area contributed by atoms with Crippen molar-refractivity contribution >= 4 is 5.91 Å². The Morgan fingerprint density at radius 1 is 1.46 bits per heavy atom. The van der Waals surface area contributed by atoms with Gasteiger partial charge >= 0.3 is 0 Å². The van der Waals surface area contributed by atoms with Crippen molar-refractivity contribution in [1.29, 1.82) is 0 Å². The second kappa shape index (κ2) is 4.03. The summed E-state index contributed by atoms with van der Waals surface area (Å²) in [4.78, 5) is 15.5. The van der Waals surface area contributed by atoms with Crippen molar-refractivity contribution in [1.82, 2.24) is 10.3 Å². The molecule has 0 saturated heterocycles. The number of nitrogens with zero attached hydrogens (tertiary/aromatic N) is 1. The maximum absolute atomic E-state index is 11.4. The molecule has 1 heterocycles. The molecule has 70 valence electrons. The highest BCUT2D eigenvalue weighted by molar-refractivity contribution is 5.93. The normalized spacial score (nSPS) is 10.2. The Balaban J connectivity index is 2.72.